The van der Waals surface area contributed by atoms with E-state index in [2.05, 4.69) is 41.3 Å². The average molecular weight is 281 g/mol. The highest BCUT2D eigenvalue weighted by Crippen LogP contribution is 2.23. The van der Waals surface area contributed by atoms with Crippen LogP contribution in [0.25, 0.3) is 11.1 Å². The highest BCUT2D eigenvalue weighted by atomic mass is 16.4. The first-order chi connectivity index (χ1) is 10.2. The number of aliphatic carboxylic acids is 1. The fourth-order valence-corrected chi connectivity index (χ4v) is 2.92. The van der Waals surface area contributed by atoms with Crippen LogP contribution >= 0.6 is 0 Å². The predicted molar refractivity (Wildman–Crippen MR) is 82.9 cm³/mol. The minimum absolute atomic E-state index is 0.206. The van der Waals surface area contributed by atoms with E-state index in [9.17, 15) is 4.79 Å². The molecule has 108 valence electrons. The molecule has 0 amide bonds. The van der Waals surface area contributed by atoms with Gasteiger partial charge in [0.2, 0.25) is 0 Å². The lowest BCUT2D eigenvalue weighted by atomic mass is 10.0. The first kappa shape index (κ1) is 13.8. The van der Waals surface area contributed by atoms with Gasteiger partial charge < -0.3 is 5.11 Å². The minimum atomic E-state index is -0.671. The summed E-state index contributed by atoms with van der Waals surface area (Å²) in [5.74, 6) is -0.877. The molecule has 1 unspecified atom stereocenters. The molecule has 0 radical (unpaired) electrons. The Balaban J connectivity index is 1.71. The second-order valence-electron chi connectivity index (χ2n) is 5.63. The summed E-state index contributed by atoms with van der Waals surface area (Å²) in [6.07, 6.45) is 0.758. The molecule has 3 rings (SSSR count). The Morgan fingerprint density at radius 3 is 2.57 bits per heavy atom. The molecule has 1 atom stereocenters. The van der Waals surface area contributed by atoms with Gasteiger partial charge in [0.05, 0.1) is 5.92 Å². The average Bonchev–Trinajstić information content (AvgIpc) is 2.97. The molecule has 1 aliphatic heterocycles. The van der Waals surface area contributed by atoms with Crippen molar-refractivity contribution < 1.29 is 9.90 Å². The van der Waals surface area contributed by atoms with Crippen molar-refractivity contribution in [1.82, 2.24) is 4.90 Å². The lowest BCUT2D eigenvalue weighted by Gasteiger charge is -2.16. The molecule has 3 nitrogen and oxygen atoms in total. The molecule has 0 aromatic heterocycles. The molecule has 0 saturated carbocycles. The first-order valence-electron chi connectivity index (χ1n) is 7.32. The quantitative estimate of drug-likeness (QED) is 0.935. The normalized spacial score (nSPS) is 18.8. The molecule has 0 bridgehead atoms. The fourth-order valence-electron chi connectivity index (χ4n) is 2.92. The summed E-state index contributed by atoms with van der Waals surface area (Å²) in [6, 6.07) is 18.8. The van der Waals surface area contributed by atoms with E-state index in [-0.39, 0.29) is 5.92 Å². The van der Waals surface area contributed by atoms with Gasteiger partial charge >= 0.3 is 5.97 Å². The largest absolute Gasteiger partial charge is 0.481 e. The number of hydrogen-bond acceptors (Lipinski definition) is 2. The van der Waals surface area contributed by atoms with Crippen molar-refractivity contribution in [3.8, 4) is 11.1 Å². The van der Waals surface area contributed by atoms with Gasteiger partial charge in [-0.1, -0.05) is 48.5 Å². The number of likely N-dealkylation sites (tertiary alicyclic amines) is 1. The van der Waals surface area contributed by atoms with E-state index in [0.29, 0.717) is 6.54 Å². The van der Waals surface area contributed by atoms with E-state index in [1.54, 1.807) is 0 Å². The molecule has 2 aromatic rings. The van der Waals surface area contributed by atoms with E-state index >= 15 is 0 Å². The fraction of sp³-hybridized carbons (Fsp3) is 0.278. The van der Waals surface area contributed by atoms with E-state index in [4.69, 9.17) is 5.11 Å². The van der Waals surface area contributed by atoms with E-state index in [1.165, 1.54) is 16.7 Å². The third kappa shape index (κ3) is 3.31. The lowest BCUT2D eigenvalue weighted by molar-refractivity contribution is -0.141. The van der Waals surface area contributed by atoms with Gasteiger partial charge in [-0.25, -0.2) is 0 Å². The Morgan fingerprint density at radius 1 is 1.10 bits per heavy atom. The summed E-state index contributed by atoms with van der Waals surface area (Å²) in [4.78, 5) is 13.2. The van der Waals surface area contributed by atoms with Crippen molar-refractivity contribution in [2.75, 3.05) is 13.1 Å². The van der Waals surface area contributed by atoms with Crippen LogP contribution < -0.4 is 0 Å². The monoisotopic (exact) mass is 281 g/mol. The van der Waals surface area contributed by atoms with Gasteiger partial charge in [-0.2, -0.15) is 0 Å². The second-order valence-corrected chi connectivity index (χ2v) is 5.63. The molecule has 3 heteroatoms. The molecule has 1 N–H and O–H groups in total. The summed E-state index contributed by atoms with van der Waals surface area (Å²) in [5.41, 5.74) is 3.66. The van der Waals surface area contributed by atoms with Gasteiger partial charge in [0.15, 0.2) is 0 Å². The minimum Gasteiger partial charge on any atom is -0.481 e. The van der Waals surface area contributed by atoms with Crippen LogP contribution in [0.3, 0.4) is 0 Å². The number of carboxylic acid groups (broad SMARTS) is 1. The molecule has 1 fully saturated rings. The van der Waals surface area contributed by atoms with Crippen molar-refractivity contribution >= 4 is 5.97 Å². The van der Waals surface area contributed by atoms with Crippen molar-refractivity contribution in [1.29, 1.82) is 0 Å². The molecule has 2 aromatic carbocycles. The zero-order valence-electron chi connectivity index (χ0n) is 11.9. The zero-order chi connectivity index (χ0) is 14.7. The molecule has 21 heavy (non-hydrogen) atoms. The Labute approximate surface area is 124 Å². The predicted octanol–water partition coefficient (Wildman–Crippen LogP) is 3.26. The number of carbonyl (C=O) groups is 1. The van der Waals surface area contributed by atoms with Crippen molar-refractivity contribution in [3.63, 3.8) is 0 Å². The zero-order valence-corrected chi connectivity index (χ0v) is 11.9. The SMILES string of the molecule is O=C(O)C1CCN(Cc2cccc(-c3ccccc3)c2)C1. The molecule has 1 saturated heterocycles. The van der Waals surface area contributed by atoms with Crippen LogP contribution in [0, 0.1) is 5.92 Å². The van der Waals surface area contributed by atoms with Gasteiger partial charge in [0.25, 0.3) is 0 Å². The Morgan fingerprint density at radius 2 is 1.86 bits per heavy atom. The number of rotatable bonds is 4. The Kier molecular flexibility index (Phi) is 4.02. The van der Waals surface area contributed by atoms with Gasteiger partial charge in [-0.15, -0.1) is 0 Å². The Hall–Kier alpha value is -2.13. The Bertz CT molecular complexity index is 624. The van der Waals surface area contributed by atoms with Gasteiger partial charge in [-0.05, 0) is 35.7 Å². The molecule has 0 spiro atoms. The lowest BCUT2D eigenvalue weighted by Crippen LogP contribution is -2.22. The smallest absolute Gasteiger partial charge is 0.307 e. The third-order valence-corrected chi connectivity index (χ3v) is 4.06. The number of benzene rings is 2. The maximum absolute atomic E-state index is 11.0. The number of nitrogens with zero attached hydrogens (tertiary/aromatic N) is 1. The number of carboxylic acids is 1. The van der Waals surface area contributed by atoms with Gasteiger partial charge in [-0.3, -0.25) is 9.69 Å². The van der Waals surface area contributed by atoms with Crippen LogP contribution in [0.2, 0.25) is 0 Å². The van der Waals surface area contributed by atoms with Crippen LogP contribution in [-0.2, 0) is 11.3 Å². The van der Waals surface area contributed by atoms with Crippen LogP contribution in [0.4, 0.5) is 0 Å². The maximum Gasteiger partial charge on any atom is 0.307 e. The maximum atomic E-state index is 11.0. The van der Waals surface area contributed by atoms with Crippen molar-refractivity contribution in [2.24, 2.45) is 5.92 Å². The highest BCUT2D eigenvalue weighted by molar-refractivity contribution is 5.70. The van der Waals surface area contributed by atoms with Crippen LogP contribution in [0.15, 0.2) is 54.6 Å². The van der Waals surface area contributed by atoms with Gasteiger partial charge in [0, 0.05) is 13.1 Å². The summed E-state index contributed by atoms with van der Waals surface area (Å²) in [5, 5.41) is 9.06. The summed E-state index contributed by atoms with van der Waals surface area (Å²) in [6.45, 7) is 2.35. The molecule has 1 aliphatic rings. The van der Waals surface area contributed by atoms with Crippen LogP contribution in [-0.4, -0.2) is 29.1 Å². The van der Waals surface area contributed by atoms with Gasteiger partial charge in [0.1, 0.15) is 0 Å². The van der Waals surface area contributed by atoms with E-state index in [1.807, 2.05) is 18.2 Å². The van der Waals surface area contributed by atoms with Crippen molar-refractivity contribution in [3.05, 3.63) is 60.2 Å². The van der Waals surface area contributed by atoms with Crippen LogP contribution in [0.1, 0.15) is 12.0 Å². The topological polar surface area (TPSA) is 40.5 Å². The molecular formula is C18H19NO2. The van der Waals surface area contributed by atoms with E-state index in [0.717, 1.165) is 19.5 Å². The molecule has 1 heterocycles. The van der Waals surface area contributed by atoms with E-state index < -0.39 is 5.97 Å². The second kappa shape index (κ2) is 6.10. The van der Waals surface area contributed by atoms with Crippen LogP contribution in [0.5, 0.6) is 0 Å². The number of hydrogen-bond donors (Lipinski definition) is 1. The molecule has 0 aliphatic carbocycles. The molecular weight excluding hydrogens is 262 g/mol. The summed E-state index contributed by atoms with van der Waals surface area (Å²) < 4.78 is 0. The standard InChI is InChI=1S/C18H19NO2/c20-18(21)17-9-10-19(13-17)12-14-5-4-8-16(11-14)15-6-2-1-3-7-15/h1-8,11,17H,9-10,12-13H2,(H,20,21). The summed E-state index contributed by atoms with van der Waals surface area (Å²) in [7, 11) is 0. The van der Waals surface area contributed by atoms with Crippen molar-refractivity contribution in [2.45, 2.75) is 13.0 Å². The first-order valence-corrected chi connectivity index (χ1v) is 7.32. The summed E-state index contributed by atoms with van der Waals surface area (Å²) >= 11 is 0. The highest BCUT2D eigenvalue weighted by Gasteiger charge is 2.27. The third-order valence-electron chi connectivity index (χ3n) is 4.06.